The first-order chi connectivity index (χ1) is 19.1. The number of unbranched alkanes of at least 4 members (excludes halogenated alkanes) is 1. The highest BCUT2D eigenvalue weighted by atomic mass is 32.1. The molecule has 1 aromatic carbocycles. The van der Waals surface area contributed by atoms with Crippen LogP contribution in [0.1, 0.15) is 39.6 Å². The molecule has 11 nitrogen and oxygen atoms in total. The van der Waals surface area contributed by atoms with Gasteiger partial charge in [-0.25, -0.2) is 4.39 Å². The maximum Gasteiger partial charge on any atom is 0.573 e. The summed E-state index contributed by atoms with van der Waals surface area (Å²) in [6, 6.07) is 7.86. The molecule has 3 heterocycles. The zero-order chi connectivity index (χ0) is 28.5. The molecular weight excluding hydrogens is 556 g/mol. The molecule has 2 N–H and O–H groups in total. The van der Waals surface area contributed by atoms with Crippen LogP contribution in [-0.2, 0) is 30.7 Å². The van der Waals surface area contributed by atoms with Gasteiger partial charge >= 0.3 is 6.36 Å². The molecule has 3 aromatic heterocycles. The number of aryl methyl sites for hydroxylation is 2. The second-order valence-electron chi connectivity index (χ2n) is 8.35. The van der Waals surface area contributed by atoms with Crippen molar-refractivity contribution in [3.05, 3.63) is 76.6 Å². The van der Waals surface area contributed by atoms with E-state index < -0.39 is 23.8 Å². The Bertz CT molecular complexity index is 1450. The van der Waals surface area contributed by atoms with Gasteiger partial charge in [-0.2, -0.15) is 0 Å². The summed E-state index contributed by atoms with van der Waals surface area (Å²) in [5.41, 5.74) is 0.436. The third-order valence-corrected chi connectivity index (χ3v) is 6.17. The summed E-state index contributed by atoms with van der Waals surface area (Å²) in [7, 11) is 0. The van der Waals surface area contributed by atoms with Gasteiger partial charge in [-0.1, -0.05) is 22.6 Å². The van der Waals surface area contributed by atoms with E-state index in [2.05, 4.69) is 40.9 Å². The molecule has 0 aliphatic heterocycles. The quantitative estimate of drug-likeness (QED) is 0.192. The van der Waals surface area contributed by atoms with Crippen LogP contribution in [0.5, 0.6) is 5.75 Å². The molecule has 0 unspecified atom stereocenters. The van der Waals surface area contributed by atoms with E-state index in [1.165, 1.54) is 22.2 Å². The number of carbonyl (C=O) groups is 2. The first-order valence-electron chi connectivity index (χ1n) is 11.9. The lowest BCUT2D eigenvalue weighted by atomic mass is 10.2. The van der Waals surface area contributed by atoms with E-state index in [4.69, 9.17) is 0 Å². The van der Waals surface area contributed by atoms with E-state index >= 15 is 0 Å². The minimum absolute atomic E-state index is 0.0293. The standard InChI is InChI=1S/C24H22F4N8O3S/c25-18-8-7-17(39-24(26,27)28)11-15(18)13-30-22(38)19-14-36(35-32-19)10-4-2-6-21-33-34-23(40-21)31-20(37)12-16-5-1-3-9-29-16/h1,3,5,7-9,11,14H,2,4,6,10,12-13H2,(H,30,38)(H,31,34,37). The largest absolute Gasteiger partial charge is 0.573 e. The van der Waals surface area contributed by atoms with Crippen molar-refractivity contribution in [1.82, 2.24) is 35.5 Å². The van der Waals surface area contributed by atoms with Gasteiger partial charge in [-0.3, -0.25) is 19.3 Å². The van der Waals surface area contributed by atoms with E-state index in [0.29, 0.717) is 30.2 Å². The number of hydrogen-bond donors (Lipinski definition) is 2. The van der Waals surface area contributed by atoms with Crippen molar-refractivity contribution in [2.45, 2.75) is 45.1 Å². The Labute approximate surface area is 228 Å². The highest BCUT2D eigenvalue weighted by Crippen LogP contribution is 2.24. The van der Waals surface area contributed by atoms with Crippen LogP contribution < -0.4 is 15.4 Å². The fourth-order valence-electron chi connectivity index (χ4n) is 3.45. The summed E-state index contributed by atoms with van der Waals surface area (Å²) >= 11 is 1.28. The average molecular weight is 579 g/mol. The Hall–Kier alpha value is -4.47. The van der Waals surface area contributed by atoms with Gasteiger partial charge in [0.25, 0.3) is 5.91 Å². The summed E-state index contributed by atoms with van der Waals surface area (Å²) in [6.07, 6.45) is 0.278. The van der Waals surface area contributed by atoms with Crippen molar-refractivity contribution in [3.63, 3.8) is 0 Å². The van der Waals surface area contributed by atoms with Gasteiger partial charge < -0.3 is 15.4 Å². The van der Waals surface area contributed by atoms with Gasteiger partial charge in [0, 0.05) is 37.0 Å². The SMILES string of the molecule is O=C(Cc1ccccn1)Nc1nnc(CCCCn2cc(C(=O)NCc3cc(OC(F)(F)F)ccc3F)nn2)s1. The predicted molar refractivity (Wildman–Crippen MR) is 134 cm³/mol. The fourth-order valence-corrected chi connectivity index (χ4v) is 4.25. The van der Waals surface area contributed by atoms with Crippen molar-refractivity contribution >= 4 is 28.3 Å². The van der Waals surface area contributed by atoms with Gasteiger partial charge in [0.2, 0.25) is 11.0 Å². The molecule has 4 rings (SSSR count). The zero-order valence-electron chi connectivity index (χ0n) is 20.7. The van der Waals surface area contributed by atoms with E-state index in [1.807, 2.05) is 0 Å². The Morgan fingerprint density at radius 3 is 2.70 bits per heavy atom. The highest BCUT2D eigenvalue weighted by molar-refractivity contribution is 7.15. The van der Waals surface area contributed by atoms with E-state index in [-0.39, 0.29) is 30.1 Å². The van der Waals surface area contributed by atoms with Crippen molar-refractivity contribution < 1.29 is 31.9 Å². The minimum atomic E-state index is -4.92. The highest BCUT2D eigenvalue weighted by Gasteiger charge is 2.31. The van der Waals surface area contributed by atoms with E-state index in [1.54, 1.807) is 24.4 Å². The number of hydrogen-bond acceptors (Lipinski definition) is 9. The summed E-state index contributed by atoms with van der Waals surface area (Å²) < 4.78 is 56.4. The van der Waals surface area contributed by atoms with Crippen LogP contribution in [0.4, 0.5) is 22.7 Å². The van der Waals surface area contributed by atoms with Crippen LogP contribution in [0.15, 0.2) is 48.8 Å². The maximum absolute atomic E-state index is 13.9. The number of pyridine rings is 1. The number of anilines is 1. The van der Waals surface area contributed by atoms with Gasteiger partial charge in [0.1, 0.15) is 16.6 Å². The van der Waals surface area contributed by atoms with Crippen molar-refractivity contribution in [2.24, 2.45) is 0 Å². The van der Waals surface area contributed by atoms with Crippen LogP contribution in [0.3, 0.4) is 0 Å². The number of aromatic nitrogens is 6. The van der Waals surface area contributed by atoms with Crippen molar-refractivity contribution in [1.29, 1.82) is 0 Å². The molecular formula is C24H22F4N8O3S. The van der Waals surface area contributed by atoms with Gasteiger partial charge in [-0.05, 0) is 43.2 Å². The Morgan fingerprint density at radius 1 is 1.07 bits per heavy atom. The number of nitrogens with one attached hydrogen (secondary N) is 2. The summed E-state index contributed by atoms with van der Waals surface area (Å²) in [5, 5.41) is 22.0. The Balaban J connectivity index is 1.18. The van der Waals surface area contributed by atoms with Crippen molar-refractivity contribution in [3.8, 4) is 5.75 Å². The number of amides is 2. The Kier molecular flexibility index (Phi) is 9.31. The molecule has 2 amide bonds. The molecule has 0 saturated heterocycles. The van der Waals surface area contributed by atoms with Gasteiger partial charge in [0.15, 0.2) is 5.69 Å². The third-order valence-electron chi connectivity index (χ3n) is 5.27. The molecule has 0 spiro atoms. The zero-order valence-corrected chi connectivity index (χ0v) is 21.5. The first kappa shape index (κ1) is 28.5. The molecule has 0 fully saturated rings. The molecule has 4 aromatic rings. The van der Waals surface area contributed by atoms with E-state index in [0.717, 1.165) is 29.6 Å². The van der Waals surface area contributed by atoms with Crippen molar-refractivity contribution in [2.75, 3.05) is 5.32 Å². The first-order valence-corrected chi connectivity index (χ1v) is 12.7. The van der Waals surface area contributed by atoms with E-state index in [9.17, 15) is 27.2 Å². The summed E-state index contributed by atoms with van der Waals surface area (Å²) in [6.45, 7) is 0.0816. The topological polar surface area (TPSA) is 137 Å². The number of ether oxygens (including phenoxy) is 1. The number of carbonyl (C=O) groups excluding carboxylic acids is 2. The van der Waals surface area contributed by atoms with Gasteiger partial charge in [0.05, 0.1) is 12.6 Å². The fraction of sp³-hybridized carbons (Fsp3) is 0.292. The molecule has 0 aliphatic rings. The summed E-state index contributed by atoms with van der Waals surface area (Å²) in [4.78, 5) is 28.6. The molecule has 0 radical (unpaired) electrons. The average Bonchev–Trinajstić information content (AvgIpc) is 3.56. The van der Waals surface area contributed by atoms with Crippen LogP contribution in [0, 0.1) is 5.82 Å². The second-order valence-corrected chi connectivity index (χ2v) is 9.42. The van der Waals surface area contributed by atoms with Crippen LogP contribution in [0.2, 0.25) is 0 Å². The number of rotatable bonds is 12. The van der Waals surface area contributed by atoms with Crippen LogP contribution in [0.25, 0.3) is 0 Å². The second kappa shape index (κ2) is 13.1. The normalized spacial score (nSPS) is 11.3. The lowest BCUT2D eigenvalue weighted by molar-refractivity contribution is -0.274. The number of alkyl halides is 3. The smallest absolute Gasteiger partial charge is 0.406 e. The minimum Gasteiger partial charge on any atom is -0.406 e. The molecule has 0 atom stereocenters. The third kappa shape index (κ3) is 8.79. The monoisotopic (exact) mass is 578 g/mol. The Morgan fingerprint density at radius 2 is 1.93 bits per heavy atom. The lowest BCUT2D eigenvalue weighted by Crippen LogP contribution is -2.24. The number of nitrogens with zero attached hydrogens (tertiary/aromatic N) is 6. The summed E-state index contributed by atoms with van der Waals surface area (Å²) in [5.74, 6) is -2.30. The molecule has 0 bridgehead atoms. The van der Waals surface area contributed by atoms with Gasteiger partial charge in [-0.15, -0.1) is 28.5 Å². The predicted octanol–water partition coefficient (Wildman–Crippen LogP) is 3.70. The number of benzene rings is 1. The molecule has 0 saturated carbocycles. The maximum atomic E-state index is 13.9. The molecule has 16 heteroatoms. The molecule has 0 aliphatic carbocycles. The van der Waals surface area contributed by atoms with Crippen LogP contribution in [-0.4, -0.2) is 48.4 Å². The molecule has 40 heavy (non-hydrogen) atoms. The van der Waals surface area contributed by atoms with Crippen LogP contribution >= 0.6 is 11.3 Å². The number of halogens is 4. The molecule has 210 valence electrons. The lowest BCUT2D eigenvalue weighted by Gasteiger charge is -2.11.